The predicted octanol–water partition coefficient (Wildman–Crippen LogP) is 3.37. The summed E-state index contributed by atoms with van der Waals surface area (Å²) in [5, 5.41) is 0. The van der Waals surface area contributed by atoms with Crippen molar-refractivity contribution < 1.29 is 31.1 Å². The van der Waals surface area contributed by atoms with Crippen LogP contribution in [0.15, 0.2) is 18.3 Å². The number of alkyl halides is 6. The second-order valence-corrected chi connectivity index (χ2v) is 5.09. The maximum atomic E-state index is 12.4. The van der Waals surface area contributed by atoms with Gasteiger partial charge in [0.25, 0.3) is 0 Å². The van der Waals surface area contributed by atoms with Crippen LogP contribution in [-0.2, 0) is 11.0 Å². The van der Waals surface area contributed by atoms with Gasteiger partial charge in [-0.1, -0.05) is 6.07 Å². The molecule has 1 aromatic heterocycles. The van der Waals surface area contributed by atoms with Crippen LogP contribution in [0.5, 0.6) is 0 Å². The van der Waals surface area contributed by atoms with Crippen molar-refractivity contribution in [1.82, 2.24) is 9.88 Å². The number of hydrogen-bond donors (Lipinski definition) is 0. The van der Waals surface area contributed by atoms with Crippen molar-refractivity contribution in [3.8, 4) is 0 Å². The van der Waals surface area contributed by atoms with Crippen LogP contribution in [0.2, 0.25) is 0 Å². The van der Waals surface area contributed by atoms with E-state index in [1.165, 1.54) is 11.0 Å². The smallest absolute Gasteiger partial charge is 0.341 e. The van der Waals surface area contributed by atoms with Gasteiger partial charge in [0.2, 0.25) is 5.91 Å². The van der Waals surface area contributed by atoms with Crippen LogP contribution in [0.4, 0.5) is 26.3 Å². The molecule has 1 aliphatic heterocycles. The van der Waals surface area contributed by atoms with E-state index in [4.69, 9.17) is 0 Å². The number of nitrogens with zero attached hydrogens (tertiary/aromatic N) is 2. The third-order valence-corrected chi connectivity index (χ3v) is 3.40. The average Bonchev–Trinajstić information content (AvgIpc) is 2.33. The van der Waals surface area contributed by atoms with Gasteiger partial charge in [-0.25, -0.2) is 0 Å². The third-order valence-electron chi connectivity index (χ3n) is 3.40. The number of amides is 1. The van der Waals surface area contributed by atoms with E-state index in [2.05, 4.69) is 4.98 Å². The molecule has 2 heterocycles. The van der Waals surface area contributed by atoms with Gasteiger partial charge in [-0.3, -0.25) is 9.78 Å². The maximum absolute atomic E-state index is 12.4. The number of pyridine rings is 1. The minimum atomic E-state index is -4.52. The molecule has 0 spiro atoms. The average molecular weight is 326 g/mol. The molecule has 1 fully saturated rings. The van der Waals surface area contributed by atoms with Crippen molar-refractivity contribution in [3.63, 3.8) is 0 Å². The van der Waals surface area contributed by atoms with Crippen LogP contribution in [0.3, 0.4) is 0 Å². The summed E-state index contributed by atoms with van der Waals surface area (Å²) < 4.78 is 73.1. The Morgan fingerprint density at radius 2 is 1.82 bits per heavy atom. The topological polar surface area (TPSA) is 33.2 Å². The van der Waals surface area contributed by atoms with E-state index < -0.39 is 36.8 Å². The highest BCUT2D eigenvalue weighted by atomic mass is 19.4. The lowest BCUT2D eigenvalue weighted by Gasteiger charge is -2.39. The Morgan fingerprint density at radius 1 is 1.18 bits per heavy atom. The SMILES string of the molecule is O=C(CCC(F)(F)F)N1CC(c2ccc(C(F)(F)F)nc2)C1. The Hall–Kier alpha value is -1.80. The fourth-order valence-electron chi connectivity index (χ4n) is 2.11. The first-order valence-electron chi connectivity index (χ1n) is 6.44. The molecule has 22 heavy (non-hydrogen) atoms. The van der Waals surface area contributed by atoms with Gasteiger partial charge >= 0.3 is 12.4 Å². The minimum Gasteiger partial charge on any atom is -0.341 e. The zero-order valence-corrected chi connectivity index (χ0v) is 11.2. The Bertz CT molecular complexity index is 531. The number of carbonyl (C=O) groups excluding carboxylic acids is 1. The summed E-state index contributed by atoms with van der Waals surface area (Å²) in [6.45, 7) is 0.396. The molecule has 0 N–H and O–H groups in total. The van der Waals surface area contributed by atoms with Crippen molar-refractivity contribution >= 4 is 5.91 Å². The van der Waals surface area contributed by atoms with E-state index in [1.807, 2.05) is 0 Å². The quantitative estimate of drug-likeness (QED) is 0.798. The lowest BCUT2D eigenvalue weighted by molar-refractivity contribution is -0.151. The molecule has 9 heteroatoms. The molecule has 1 aliphatic rings. The summed E-state index contributed by atoms with van der Waals surface area (Å²) in [7, 11) is 0. The summed E-state index contributed by atoms with van der Waals surface area (Å²) in [6.07, 6.45) is -9.59. The Labute approximate surface area is 121 Å². The van der Waals surface area contributed by atoms with Crippen LogP contribution in [-0.4, -0.2) is 35.1 Å². The van der Waals surface area contributed by atoms with Gasteiger partial charge in [0, 0.05) is 31.6 Å². The zero-order chi connectivity index (χ0) is 16.5. The van der Waals surface area contributed by atoms with E-state index in [0.717, 1.165) is 12.3 Å². The van der Waals surface area contributed by atoms with E-state index in [1.54, 1.807) is 0 Å². The maximum Gasteiger partial charge on any atom is 0.433 e. The fraction of sp³-hybridized carbons (Fsp3) is 0.538. The van der Waals surface area contributed by atoms with Gasteiger partial charge < -0.3 is 4.90 Å². The van der Waals surface area contributed by atoms with Gasteiger partial charge in [0.1, 0.15) is 5.69 Å². The predicted molar refractivity (Wildman–Crippen MR) is 63.8 cm³/mol. The largest absolute Gasteiger partial charge is 0.433 e. The molecule has 122 valence electrons. The number of halogens is 6. The summed E-state index contributed by atoms with van der Waals surface area (Å²) in [4.78, 5) is 16.1. The molecule has 1 amide bonds. The van der Waals surface area contributed by atoms with Gasteiger partial charge in [0.15, 0.2) is 0 Å². The Morgan fingerprint density at radius 3 is 2.27 bits per heavy atom. The lowest BCUT2D eigenvalue weighted by atomic mass is 9.92. The third kappa shape index (κ3) is 4.11. The monoisotopic (exact) mass is 326 g/mol. The first-order valence-corrected chi connectivity index (χ1v) is 6.44. The van der Waals surface area contributed by atoms with Gasteiger partial charge in [-0.2, -0.15) is 26.3 Å². The van der Waals surface area contributed by atoms with Crippen LogP contribution in [0.25, 0.3) is 0 Å². The van der Waals surface area contributed by atoms with Crippen molar-refractivity contribution in [2.24, 2.45) is 0 Å². The molecular weight excluding hydrogens is 314 g/mol. The van der Waals surface area contributed by atoms with E-state index >= 15 is 0 Å². The van der Waals surface area contributed by atoms with E-state index in [9.17, 15) is 31.1 Å². The van der Waals surface area contributed by atoms with Gasteiger partial charge in [-0.15, -0.1) is 0 Å². The molecule has 0 bridgehead atoms. The summed E-state index contributed by atoms with van der Waals surface area (Å²) in [5.74, 6) is -0.793. The summed E-state index contributed by atoms with van der Waals surface area (Å²) in [6, 6.07) is 2.13. The lowest BCUT2D eigenvalue weighted by Crippen LogP contribution is -2.48. The van der Waals surface area contributed by atoms with Crippen LogP contribution in [0, 0.1) is 0 Å². The second-order valence-electron chi connectivity index (χ2n) is 5.09. The zero-order valence-electron chi connectivity index (χ0n) is 11.2. The molecular formula is C13H12F6N2O. The van der Waals surface area contributed by atoms with Crippen molar-refractivity contribution in [1.29, 1.82) is 0 Å². The van der Waals surface area contributed by atoms with Gasteiger partial charge in [-0.05, 0) is 11.6 Å². The fourth-order valence-corrected chi connectivity index (χ4v) is 2.11. The first kappa shape index (κ1) is 16.6. The standard InChI is InChI=1S/C13H12F6N2O/c14-12(15,16)4-3-11(22)21-6-9(7-21)8-1-2-10(20-5-8)13(17,18)19/h1-2,5,9H,3-4,6-7H2. The summed E-state index contributed by atoms with van der Waals surface area (Å²) >= 11 is 0. The Kier molecular flexibility index (Phi) is 4.35. The van der Waals surface area contributed by atoms with Crippen LogP contribution >= 0.6 is 0 Å². The Balaban J connectivity index is 1.85. The molecule has 1 aromatic rings. The number of hydrogen-bond acceptors (Lipinski definition) is 2. The first-order chi connectivity index (χ1) is 10.1. The molecule has 0 aliphatic carbocycles. The number of aromatic nitrogens is 1. The molecule has 3 nitrogen and oxygen atoms in total. The molecule has 1 saturated heterocycles. The molecule has 0 atom stereocenters. The van der Waals surface area contributed by atoms with Crippen LogP contribution in [0.1, 0.15) is 30.0 Å². The molecule has 0 unspecified atom stereocenters. The number of rotatable bonds is 3. The van der Waals surface area contributed by atoms with Crippen molar-refractivity contribution in [2.75, 3.05) is 13.1 Å². The highest BCUT2D eigenvalue weighted by Crippen LogP contribution is 2.31. The normalized spacial score (nSPS) is 16.5. The highest BCUT2D eigenvalue weighted by Gasteiger charge is 2.36. The van der Waals surface area contributed by atoms with Crippen molar-refractivity contribution in [2.45, 2.75) is 31.1 Å². The van der Waals surface area contributed by atoms with E-state index in [0.29, 0.717) is 5.56 Å². The van der Waals surface area contributed by atoms with Crippen LogP contribution < -0.4 is 0 Å². The van der Waals surface area contributed by atoms with E-state index in [-0.39, 0.29) is 19.0 Å². The second kappa shape index (κ2) is 5.77. The van der Waals surface area contributed by atoms with Gasteiger partial charge in [0.05, 0.1) is 6.42 Å². The molecule has 0 saturated carbocycles. The number of likely N-dealkylation sites (tertiary alicyclic amines) is 1. The highest BCUT2D eigenvalue weighted by molar-refractivity contribution is 5.77. The van der Waals surface area contributed by atoms with Crippen molar-refractivity contribution in [3.05, 3.63) is 29.6 Å². The molecule has 0 radical (unpaired) electrons. The summed E-state index contributed by atoms with van der Waals surface area (Å²) in [5.41, 5.74) is -0.471. The molecule has 0 aromatic carbocycles. The minimum absolute atomic E-state index is 0.190. The molecule has 2 rings (SSSR count). The number of carbonyl (C=O) groups is 1.